The Balaban J connectivity index is 1.74. The second kappa shape index (κ2) is 8.31. The van der Waals surface area contributed by atoms with Crippen LogP contribution in [0.3, 0.4) is 0 Å². The molecule has 0 radical (unpaired) electrons. The van der Waals surface area contributed by atoms with Gasteiger partial charge in [0.25, 0.3) is 10.0 Å². The SMILES string of the molecule is CCc1ccc(S(=O)(=O)Nc2ccc(Nc3cc(C)ccc3OC)nc2)cc1. The molecule has 2 N–H and O–H groups in total. The van der Waals surface area contributed by atoms with Crippen LogP contribution in [0.15, 0.2) is 65.7 Å². The van der Waals surface area contributed by atoms with Gasteiger partial charge in [-0.2, -0.15) is 0 Å². The van der Waals surface area contributed by atoms with Gasteiger partial charge >= 0.3 is 0 Å². The summed E-state index contributed by atoms with van der Waals surface area (Å²) in [6, 6.07) is 16.0. The Hall–Kier alpha value is -3.06. The van der Waals surface area contributed by atoms with Crippen molar-refractivity contribution in [3.63, 3.8) is 0 Å². The molecule has 3 rings (SSSR count). The molecule has 7 heteroatoms. The second-order valence-corrected chi connectivity index (χ2v) is 8.05. The van der Waals surface area contributed by atoms with Crippen molar-refractivity contribution in [3.8, 4) is 5.75 Å². The molecule has 0 saturated heterocycles. The number of hydrogen-bond donors (Lipinski definition) is 2. The molecule has 0 aliphatic heterocycles. The third-order valence-corrected chi connectivity index (χ3v) is 5.67. The smallest absolute Gasteiger partial charge is 0.261 e. The van der Waals surface area contributed by atoms with Crippen LogP contribution in [0.25, 0.3) is 0 Å². The number of hydrogen-bond acceptors (Lipinski definition) is 5. The van der Waals surface area contributed by atoms with E-state index in [-0.39, 0.29) is 4.90 Å². The summed E-state index contributed by atoms with van der Waals surface area (Å²) in [4.78, 5) is 4.51. The maximum Gasteiger partial charge on any atom is 0.261 e. The Labute approximate surface area is 165 Å². The summed E-state index contributed by atoms with van der Waals surface area (Å²) in [5.41, 5.74) is 3.35. The third-order valence-electron chi connectivity index (χ3n) is 4.28. The van der Waals surface area contributed by atoms with E-state index in [0.29, 0.717) is 17.3 Å². The summed E-state index contributed by atoms with van der Waals surface area (Å²) in [7, 11) is -2.05. The van der Waals surface area contributed by atoms with Crippen LogP contribution in [0.4, 0.5) is 17.2 Å². The van der Waals surface area contributed by atoms with Gasteiger partial charge in [-0.25, -0.2) is 13.4 Å². The number of aryl methyl sites for hydroxylation is 2. The van der Waals surface area contributed by atoms with Crippen LogP contribution in [0.5, 0.6) is 5.75 Å². The largest absolute Gasteiger partial charge is 0.495 e. The van der Waals surface area contributed by atoms with Crippen LogP contribution in [-0.2, 0) is 16.4 Å². The lowest BCUT2D eigenvalue weighted by Crippen LogP contribution is -2.13. The van der Waals surface area contributed by atoms with Gasteiger partial charge in [-0.3, -0.25) is 4.72 Å². The van der Waals surface area contributed by atoms with Gasteiger partial charge in [0.05, 0.1) is 29.6 Å². The lowest BCUT2D eigenvalue weighted by Gasteiger charge is -2.12. The monoisotopic (exact) mass is 397 g/mol. The molecule has 0 unspecified atom stereocenters. The van der Waals surface area contributed by atoms with Crippen LogP contribution >= 0.6 is 0 Å². The van der Waals surface area contributed by atoms with Crippen molar-refractivity contribution in [1.82, 2.24) is 4.98 Å². The van der Waals surface area contributed by atoms with Gasteiger partial charge in [-0.05, 0) is 60.9 Å². The Morgan fingerprint density at radius 2 is 1.79 bits per heavy atom. The van der Waals surface area contributed by atoms with Crippen LogP contribution in [-0.4, -0.2) is 20.5 Å². The molecule has 0 spiro atoms. The Morgan fingerprint density at radius 3 is 2.39 bits per heavy atom. The Kier molecular flexibility index (Phi) is 5.84. The van der Waals surface area contributed by atoms with E-state index in [0.717, 1.165) is 23.2 Å². The summed E-state index contributed by atoms with van der Waals surface area (Å²) in [6.07, 6.45) is 2.33. The quantitative estimate of drug-likeness (QED) is 0.613. The minimum Gasteiger partial charge on any atom is -0.495 e. The van der Waals surface area contributed by atoms with E-state index in [2.05, 4.69) is 15.0 Å². The predicted octanol–water partition coefficient (Wildman–Crippen LogP) is 4.51. The summed E-state index contributed by atoms with van der Waals surface area (Å²) in [6.45, 7) is 4.01. The topological polar surface area (TPSA) is 80.3 Å². The predicted molar refractivity (Wildman–Crippen MR) is 112 cm³/mol. The first-order valence-corrected chi connectivity index (χ1v) is 10.4. The van der Waals surface area contributed by atoms with Gasteiger partial charge < -0.3 is 10.1 Å². The van der Waals surface area contributed by atoms with Crippen molar-refractivity contribution in [1.29, 1.82) is 0 Å². The summed E-state index contributed by atoms with van der Waals surface area (Å²) in [5, 5.41) is 3.19. The van der Waals surface area contributed by atoms with Crippen LogP contribution in [0, 0.1) is 6.92 Å². The van der Waals surface area contributed by atoms with E-state index in [4.69, 9.17) is 4.74 Å². The van der Waals surface area contributed by atoms with Crippen LogP contribution in [0.2, 0.25) is 0 Å². The van der Waals surface area contributed by atoms with E-state index < -0.39 is 10.0 Å². The van der Waals surface area contributed by atoms with Crippen molar-refractivity contribution >= 4 is 27.2 Å². The minimum atomic E-state index is -3.66. The molecule has 146 valence electrons. The van der Waals surface area contributed by atoms with Crippen molar-refractivity contribution in [2.24, 2.45) is 0 Å². The average Bonchev–Trinajstić information content (AvgIpc) is 2.69. The molecule has 0 aliphatic carbocycles. The number of benzene rings is 2. The Bertz CT molecular complexity index is 1050. The van der Waals surface area contributed by atoms with E-state index >= 15 is 0 Å². The van der Waals surface area contributed by atoms with Crippen molar-refractivity contribution in [3.05, 3.63) is 71.9 Å². The third kappa shape index (κ3) is 4.61. The lowest BCUT2D eigenvalue weighted by molar-refractivity contribution is 0.416. The number of pyridine rings is 1. The van der Waals surface area contributed by atoms with Crippen molar-refractivity contribution < 1.29 is 13.2 Å². The van der Waals surface area contributed by atoms with Gasteiger partial charge in [0, 0.05) is 0 Å². The van der Waals surface area contributed by atoms with Gasteiger partial charge in [0.15, 0.2) is 0 Å². The zero-order valence-electron chi connectivity index (χ0n) is 16.1. The molecule has 0 fully saturated rings. The maximum atomic E-state index is 12.5. The molecule has 1 heterocycles. The first-order valence-electron chi connectivity index (χ1n) is 8.91. The molecule has 28 heavy (non-hydrogen) atoms. The molecule has 0 saturated carbocycles. The fraction of sp³-hybridized carbons (Fsp3) is 0.190. The Morgan fingerprint density at radius 1 is 1.04 bits per heavy atom. The molecular weight excluding hydrogens is 374 g/mol. The maximum absolute atomic E-state index is 12.5. The fourth-order valence-corrected chi connectivity index (χ4v) is 3.75. The normalized spacial score (nSPS) is 11.1. The zero-order chi connectivity index (χ0) is 20.1. The first-order chi connectivity index (χ1) is 13.4. The molecule has 0 amide bonds. The van der Waals surface area contributed by atoms with Gasteiger partial charge in [-0.15, -0.1) is 0 Å². The second-order valence-electron chi connectivity index (χ2n) is 6.36. The van der Waals surface area contributed by atoms with Crippen LogP contribution in [0.1, 0.15) is 18.1 Å². The number of nitrogens with one attached hydrogen (secondary N) is 2. The average molecular weight is 398 g/mol. The lowest BCUT2D eigenvalue weighted by atomic mass is 10.2. The molecule has 1 aromatic heterocycles. The van der Waals surface area contributed by atoms with E-state index in [1.807, 2.05) is 44.2 Å². The first kappa shape index (κ1) is 19.7. The number of ether oxygens (including phenoxy) is 1. The molecule has 0 bridgehead atoms. The fourth-order valence-electron chi connectivity index (χ4n) is 2.70. The molecule has 3 aromatic rings. The van der Waals surface area contributed by atoms with Crippen molar-refractivity contribution in [2.75, 3.05) is 17.1 Å². The van der Waals surface area contributed by atoms with Crippen molar-refractivity contribution in [2.45, 2.75) is 25.2 Å². The van der Waals surface area contributed by atoms with Gasteiger partial charge in [0.2, 0.25) is 0 Å². The van der Waals surface area contributed by atoms with E-state index in [1.165, 1.54) is 6.20 Å². The number of methoxy groups -OCH3 is 1. The van der Waals surface area contributed by atoms with Gasteiger partial charge in [0.1, 0.15) is 11.6 Å². The number of rotatable bonds is 7. The summed E-state index contributed by atoms with van der Waals surface area (Å²) >= 11 is 0. The standard InChI is InChI=1S/C21H23N3O3S/c1-4-16-6-9-18(10-7-16)28(25,26)24-17-8-12-21(22-14-17)23-19-13-15(2)5-11-20(19)27-3/h5-14,24H,4H2,1-3H3,(H,22,23). The number of aromatic nitrogens is 1. The zero-order valence-corrected chi connectivity index (χ0v) is 16.9. The molecular formula is C21H23N3O3S. The molecule has 0 aliphatic rings. The van der Waals surface area contributed by atoms with E-state index in [1.54, 1.807) is 31.4 Å². The van der Waals surface area contributed by atoms with Gasteiger partial charge in [-0.1, -0.05) is 25.1 Å². The molecule has 0 atom stereocenters. The van der Waals surface area contributed by atoms with Crippen LogP contribution < -0.4 is 14.8 Å². The number of anilines is 3. The summed E-state index contributed by atoms with van der Waals surface area (Å²) < 4.78 is 33.0. The molecule has 2 aromatic carbocycles. The summed E-state index contributed by atoms with van der Waals surface area (Å²) in [5.74, 6) is 1.28. The number of sulfonamides is 1. The molecule has 6 nitrogen and oxygen atoms in total. The number of nitrogens with zero attached hydrogens (tertiary/aromatic N) is 1. The highest BCUT2D eigenvalue weighted by atomic mass is 32.2. The highest BCUT2D eigenvalue weighted by Gasteiger charge is 2.14. The minimum absolute atomic E-state index is 0.219. The highest BCUT2D eigenvalue weighted by Crippen LogP contribution is 2.28. The highest BCUT2D eigenvalue weighted by molar-refractivity contribution is 7.92. The van der Waals surface area contributed by atoms with E-state index in [9.17, 15) is 8.42 Å².